The lowest BCUT2D eigenvalue weighted by Crippen LogP contribution is -1.95. The highest BCUT2D eigenvalue weighted by Crippen LogP contribution is 2.30. The summed E-state index contributed by atoms with van der Waals surface area (Å²) in [4.78, 5) is 4.25. The van der Waals surface area contributed by atoms with Crippen LogP contribution in [0.2, 0.25) is 0 Å². The number of rotatable bonds is 2. The van der Waals surface area contributed by atoms with Gasteiger partial charge in [-0.3, -0.25) is 0 Å². The van der Waals surface area contributed by atoms with E-state index in [-0.39, 0.29) is 11.6 Å². The van der Waals surface area contributed by atoms with Gasteiger partial charge in [0.05, 0.1) is 15.9 Å². The fraction of sp³-hybridized carbons (Fsp3) is 0.0714. The van der Waals surface area contributed by atoms with Crippen molar-refractivity contribution in [2.75, 3.05) is 5.32 Å². The molecule has 0 bridgehead atoms. The maximum atomic E-state index is 13.7. The van der Waals surface area contributed by atoms with Crippen molar-refractivity contribution < 1.29 is 8.78 Å². The molecule has 1 N–H and O–H groups in total. The Balaban J connectivity index is 2.01. The van der Waals surface area contributed by atoms with Crippen molar-refractivity contribution in [2.24, 2.45) is 0 Å². The molecule has 96 valence electrons. The molecule has 0 spiro atoms. The van der Waals surface area contributed by atoms with E-state index in [9.17, 15) is 8.78 Å². The molecule has 0 aliphatic rings. The summed E-state index contributed by atoms with van der Waals surface area (Å²) in [5, 5.41) is 3.51. The van der Waals surface area contributed by atoms with E-state index in [4.69, 9.17) is 0 Å². The highest BCUT2D eigenvalue weighted by molar-refractivity contribution is 7.22. The smallest absolute Gasteiger partial charge is 0.188 e. The van der Waals surface area contributed by atoms with Gasteiger partial charge in [-0.2, -0.15) is 0 Å². The largest absolute Gasteiger partial charge is 0.329 e. The number of benzene rings is 2. The summed E-state index contributed by atoms with van der Waals surface area (Å²) in [6.45, 7) is 1.82. The molecule has 5 heteroatoms. The Morgan fingerprint density at radius 2 is 2.00 bits per heavy atom. The zero-order chi connectivity index (χ0) is 13.4. The van der Waals surface area contributed by atoms with Crippen molar-refractivity contribution in [3.63, 3.8) is 0 Å². The van der Waals surface area contributed by atoms with E-state index in [0.717, 1.165) is 10.3 Å². The minimum absolute atomic E-state index is 0.327. The molecule has 19 heavy (non-hydrogen) atoms. The second-order valence-electron chi connectivity index (χ2n) is 4.19. The minimum Gasteiger partial charge on any atom is -0.329 e. The van der Waals surface area contributed by atoms with Crippen molar-refractivity contribution in [3.05, 3.63) is 53.6 Å². The van der Waals surface area contributed by atoms with Crippen LogP contribution >= 0.6 is 11.3 Å². The summed E-state index contributed by atoms with van der Waals surface area (Å²) in [6, 6.07) is 9.29. The fourth-order valence-corrected chi connectivity index (χ4v) is 2.70. The zero-order valence-electron chi connectivity index (χ0n) is 10.1. The van der Waals surface area contributed by atoms with Gasteiger partial charge in [-0.25, -0.2) is 13.8 Å². The number of fused-ring (bicyclic) bond motifs is 1. The Hall–Kier alpha value is -2.01. The van der Waals surface area contributed by atoms with Gasteiger partial charge in [0.25, 0.3) is 0 Å². The van der Waals surface area contributed by atoms with Gasteiger partial charge in [0, 0.05) is 6.07 Å². The lowest BCUT2D eigenvalue weighted by molar-refractivity contribution is 0.629. The van der Waals surface area contributed by atoms with Gasteiger partial charge >= 0.3 is 0 Å². The third kappa shape index (κ3) is 2.29. The van der Waals surface area contributed by atoms with E-state index in [1.165, 1.54) is 29.5 Å². The molecule has 1 heterocycles. The summed E-state index contributed by atoms with van der Waals surface area (Å²) in [5.41, 5.74) is 1.77. The van der Waals surface area contributed by atoms with Crippen LogP contribution in [0.3, 0.4) is 0 Å². The fourth-order valence-electron chi connectivity index (χ4n) is 1.85. The van der Waals surface area contributed by atoms with Crippen molar-refractivity contribution in [1.29, 1.82) is 0 Å². The molecule has 0 aliphatic heterocycles. The minimum atomic E-state index is -0.328. The predicted molar refractivity (Wildman–Crippen MR) is 74.0 cm³/mol. The van der Waals surface area contributed by atoms with Crippen molar-refractivity contribution in [2.45, 2.75) is 6.92 Å². The Morgan fingerprint density at radius 3 is 2.79 bits per heavy atom. The first kappa shape index (κ1) is 12.0. The number of anilines is 2. The summed E-state index contributed by atoms with van der Waals surface area (Å²) >= 11 is 1.36. The Labute approximate surface area is 112 Å². The van der Waals surface area contributed by atoms with Gasteiger partial charge in [-0.05, 0) is 30.7 Å². The molecular formula is C14H10F2N2S. The quantitative estimate of drug-likeness (QED) is 0.738. The summed E-state index contributed by atoms with van der Waals surface area (Å²) in [7, 11) is 0. The van der Waals surface area contributed by atoms with Crippen LogP contribution in [-0.2, 0) is 0 Å². The number of thiazole rings is 1. The lowest BCUT2D eigenvalue weighted by atomic mass is 10.2. The first-order chi connectivity index (χ1) is 9.13. The van der Waals surface area contributed by atoms with Crippen LogP contribution in [0.1, 0.15) is 5.56 Å². The number of hydrogen-bond acceptors (Lipinski definition) is 3. The number of para-hydroxylation sites is 1. The van der Waals surface area contributed by atoms with Gasteiger partial charge in [0.2, 0.25) is 0 Å². The van der Waals surface area contributed by atoms with Crippen LogP contribution < -0.4 is 5.32 Å². The van der Waals surface area contributed by atoms with Crippen LogP contribution in [-0.4, -0.2) is 4.98 Å². The number of halogens is 2. The molecule has 0 unspecified atom stereocenters. The van der Waals surface area contributed by atoms with Crippen LogP contribution in [0.25, 0.3) is 10.2 Å². The number of aromatic nitrogens is 1. The average molecular weight is 276 g/mol. The predicted octanol–water partition coefficient (Wildman–Crippen LogP) is 4.63. The molecule has 0 amide bonds. The third-order valence-electron chi connectivity index (χ3n) is 2.80. The second-order valence-corrected chi connectivity index (χ2v) is 5.22. The van der Waals surface area contributed by atoms with E-state index >= 15 is 0 Å². The van der Waals surface area contributed by atoms with E-state index in [2.05, 4.69) is 10.3 Å². The molecule has 0 atom stereocenters. The van der Waals surface area contributed by atoms with Gasteiger partial charge in [0.1, 0.15) is 11.6 Å². The highest BCUT2D eigenvalue weighted by Gasteiger charge is 2.09. The SMILES string of the molecule is Cc1cccc(F)c1Nc1nc2cc(F)ccc2s1. The molecule has 2 aromatic carbocycles. The van der Waals surface area contributed by atoms with E-state index in [1.54, 1.807) is 12.1 Å². The molecule has 0 aliphatic carbocycles. The van der Waals surface area contributed by atoms with Gasteiger partial charge in [0.15, 0.2) is 5.13 Å². The van der Waals surface area contributed by atoms with Gasteiger partial charge in [-0.15, -0.1) is 0 Å². The second kappa shape index (κ2) is 4.59. The van der Waals surface area contributed by atoms with Crippen molar-refractivity contribution >= 4 is 32.4 Å². The Morgan fingerprint density at radius 1 is 1.16 bits per heavy atom. The summed E-state index contributed by atoms with van der Waals surface area (Å²) in [6.07, 6.45) is 0. The molecule has 0 fully saturated rings. The summed E-state index contributed by atoms with van der Waals surface area (Å²) < 4.78 is 27.7. The number of nitrogens with zero attached hydrogens (tertiary/aromatic N) is 1. The standard InChI is InChI=1S/C14H10F2N2S/c1-8-3-2-4-10(16)13(8)18-14-17-11-7-9(15)5-6-12(11)19-14/h2-7H,1H3,(H,17,18). The Bertz CT molecular complexity index is 732. The molecule has 0 radical (unpaired) electrons. The normalized spacial score (nSPS) is 10.9. The third-order valence-corrected chi connectivity index (χ3v) is 3.76. The molecule has 0 saturated heterocycles. The zero-order valence-corrected chi connectivity index (χ0v) is 10.9. The molecule has 3 aromatic rings. The molecule has 1 aromatic heterocycles. The molecule has 0 saturated carbocycles. The summed E-state index contributed by atoms with van der Waals surface area (Å²) in [5.74, 6) is -0.656. The average Bonchev–Trinajstić information content (AvgIpc) is 2.75. The van der Waals surface area contributed by atoms with E-state index < -0.39 is 0 Å². The van der Waals surface area contributed by atoms with E-state index in [0.29, 0.717) is 16.3 Å². The molecule has 3 rings (SSSR count). The van der Waals surface area contributed by atoms with Gasteiger partial charge in [-0.1, -0.05) is 23.5 Å². The van der Waals surface area contributed by atoms with Crippen LogP contribution in [0.5, 0.6) is 0 Å². The van der Waals surface area contributed by atoms with Crippen molar-refractivity contribution in [3.8, 4) is 0 Å². The topological polar surface area (TPSA) is 24.9 Å². The number of nitrogens with one attached hydrogen (secondary N) is 1. The highest BCUT2D eigenvalue weighted by atomic mass is 32.1. The maximum absolute atomic E-state index is 13.7. The number of hydrogen-bond donors (Lipinski definition) is 1. The van der Waals surface area contributed by atoms with Crippen LogP contribution in [0, 0.1) is 18.6 Å². The molecule has 2 nitrogen and oxygen atoms in total. The Kier molecular flexibility index (Phi) is 2.91. The molecular weight excluding hydrogens is 266 g/mol. The maximum Gasteiger partial charge on any atom is 0.188 e. The lowest BCUT2D eigenvalue weighted by Gasteiger charge is -2.07. The van der Waals surface area contributed by atoms with Crippen LogP contribution in [0.15, 0.2) is 36.4 Å². The van der Waals surface area contributed by atoms with E-state index in [1.807, 2.05) is 13.0 Å². The first-order valence-electron chi connectivity index (χ1n) is 5.72. The van der Waals surface area contributed by atoms with Gasteiger partial charge < -0.3 is 5.32 Å². The monoisotopic (exact) mass is 276 g/mol. The van der Waals surface area contributed by atoms with Crippen LogP contribution in [0.4, 0.5) is 19.6 Å². The first-order valence-corrected chi connectivity index (χ1v) is 6.53. The number of aryl methyl sites for hydroxylation is 1. The van der Waals surface area contributed by atoms with Crippen molar-refractivity contribution in [1.82, 2.24) is 4.98 Å².